The summed E-state index contributed by atoms with van der Waals surface area (Å²) >= 11 is 0. The predicted octanol–water partition coefficient (Wildman–Crippen LogP) is 2.09. The average Bonchev–Trinajstić information content (AvgIpc) is 3.29. The summed E-state index contributed by atoms with van der Waals surface area (Å²) in [5, 5.41) is 21.5. The van der Waals surface area contributed by atoms with Crippen LogP contribution in [0.25, 0.3) is 16.7 Å². The molecule has 5 rings (SSSR count). The van der Waals surface area contributed by atoms with E-state index in [1.807, 2.05) is 26.0 Å². The van der Waals surface area contributed by atoms with Gasteiger partial charge in [0.05, 0.1) is 34.9 Å². The molecular weight excluding hydrogens is 384 g/mol. The van der Waals surface area contributed by atoms with E-state index in [9.17, 15) is 9.90 Å². The number of rotatable bonds is 3. The molecule has 0 unspecified atom stereocenters. The maximum absolute atomic E-state index is 12.9. The van der Waals surface area contributed by atoms with Crippen LogP contribution < -0.4 is 11.0 Å². The fraction of sp³-hybridized carbons (Fsp3) is 0.450. The number of imidazole rings is 1. The van der Waals surface area contributed by atoms with Crippen LogP contribution in [0.4, 0.5) is 11.6 Å². The first-order valence-electron chi connectivity index (χ1n) is 10.1. The number of pyridine rings is 1. The van der Waals surface area contributed by atoms with Crippen LogP contribution in [0.15, 0.2) is 29.3 Å². The molecule has 0 aromatic carbocycles. The molecule has 4 aromatic rings. The van der Waals surface area contributed by atoms with E-state index in [1.165, 1.54) is 0 Å². The molecule has 0 spiro atoms. The summed E-state index contributed by atoms with van der Waals surface area (Å²) in [4.78, 5) is 22.0. The second kappa shape index (κ2) is 6.63. The molecule has 0 radical (unpaired) electrons. The Balaban J connectivity index is 1.55. The standard InChI is InChI=1S/C20H24N8O2/c1-12-15(5-4-14-10-22-25-28(12)14)23-18-21-11-16-17(24-18)27(19(29)26(16)3)13-6-8-20(2,30)9-7-13/h4-5,10-11,13,30H,6-9H2,1-3H3,(H,21,23,24). The number of aromatic nitrogens is 7. The van der Waals surface area contributed by atoms with Gasteiger partial charge in [0.25, 0.3) is 0 Å². The number of hydrogen-bond acceptors (Lipinski definition) is 7. The van der Waals surface area contributed by atoms with Gasteiger partial charge in [-0.05, 0) is 51.7 Å². The van der Waals surface area contributed by atoms with Crippen molar-refractivity contribution < 1.29 is 5.11 Å². The summed E-state index contributed by atoms with van der Waals surface area (Å²) in [5.74, 6) is 0.409. The van der Waals surface area contributed by atoms with Gasteiger partial charge in [0.1, 0.15) is 5.52 Å². The molecule has 4 aromatic heterocycles. The van der Waals surface area contributed by atoms with Crippen LogP contribution in [-0.4, -0.2) is 44.6 Å². The lowest BCUT2D eigenvalue weighted by atomic mass is 9.83. The Morgan fingerprint density at radius 1 is 1.23 bits per heavy atom. The Kier molecular flexibility index (Phi) is 4.14. The Hall–Kier alpha value is -3.27. The number of hydrogen-bond donors (Lipinski definition) is 2. The quantitative estimate of drug-likeness (QED) is 0.533. The van der Waals surface area contributed by atoms with Crippen LogP contribution in [0, 0.1) is 6.92 Å². The van der Waals surface area contributed by atoms with E-state index in [0.29, 0.717) is 30.0 Å². The molecule has 10 nitrogen and oxygen atoms in total. The molecule has 156 valence electrons. The predicted molar refractivity (Wildman–Crippen MR) is 112 cm³/mol. The maximum atomic E-state index is 12.9. The second-order valence-corrected chi connectivity index (χ2v) is 8.37. The number of aliphatic hydroxyl groups is 1. The first-order chi connectivity index (χ1) is 14.3. The third-order valence-corrected chi connectivity index (χ3v) is 6.18. The smallest absolute Gasteiger partial charge is 0.330 e. The zero-order valence-electron chi connectivity index (χ0n) is 17.2. The van der Waals surface area contributed by atoms with Gasteiger partial charge in [0.2, 0.25) is 5.95 Å². The number of fused-ring (bicyclic) bond motifs is 2. The summed E-state index contributed by atoms with van der Waals surface area (Å²) < 4.78 is 5.08. The van der Waals surface area contributed by atoms with Crippen LogP contribution in [0.5, 0.6) is 0 Å². The molecule has 0 aliphatic heterocycles. The SMILES string of the molecule is Cc1c(Nc2ncc3c(n2)n(C2CCC(C)(O)CC2)c(=O)n3C)ccc2cnnn12. The third kappa shape index (κ3) is 2.95. The molecule has 0 atom stereocenters. The van der Waals surface area contributed by atoms with Gasteiger partial charge in [-0.2, -0.15) is 4.98 Å². The summed E-state index contributed by atoms with van der Waals surface area (Å²) in [6, 6.07) is 3.86. The number of nitrogens with one attached hydrogen (secondary N) is 1. The zero-order chi connectivity index (χ0) is 21.0. The van der Waals surface area contributed by atoms with E-state index in [4.69, 9.17) is 0 Å². The van der Waals surface area contributed by atoms with Crippen molar-refractivity contribution in [1.82, 2.24) is 33.9 Å². The van der Waals surface area contributed by atoms with E-state index in [1.54, 1.807) is 33.1 Å². The van der Waals surface area contributed by atoms with Crippen molar-refractivity contribution in [2.75, 3.05) is 5.32 Å². The highest BCUT2D eigenvalue weighted by Crippen LogP contribution is 2.35. The summed E-state index contributed by atoms with van der Waals surface area (Å²) in [6.45, 7) is 3.79. The first-order valence-corrected chi connectivity index (χ1v) is 10.1. The van der Waals surface area contributed by atoms with Crippen molar-refractivity contribution in [1.29, 1.82) is 0 Å². The monoisotopic (exact) mass is 408 g/mol. The highest BCUT2D eigenvalue weighted by molar-refractivity contribution is 5.73. The minimum Gasteiger partial charge on any atom is -0.390 e. The molecule has 2 N–H and O–H groups in total. The lowest BCUT2D eigenvalue weighted by Crippen LogP contribution is -2.35. The zero-order valence-corrected chi connectivity index (χ0v) is 17.2. The van der Waals surface area contributed by atoms with Gasteiger partial charge in [-0.3, -0.25) is 9.13 Å². The highest BCUT2D eigenvalue weighted by Gasteiger charge is 2.31. The lowest BCUT2D eigenvalue weighted by molar-refractivity contribution is 0.00991. The van der Waals surface area contributed by atoms with Gasteiger partial charge in [-0.1, -0.05) is 5.21 Å². The maximum Gasteiger partial charge on any atom is 0.330 e. The van der Waals surface area contributed by atoms with E-state index in [2.05, 4.69) is 25.6 Å². The Labute approximate surface area is 172 Å². The molecule has 4 heterocycles. The molecule has 1 aliphatic carbocycles. The van der Waals surface area contributed by atoms with Crippen LogP contribution in [-0.2, 0) is 7.05 Å². The average molecular weight is 408 g/mol. The fourth-order valence-electron chi connectivity index (χ4n) is 4.28. The van der Waals surface area contributed by atoms with Gasteiger partial charge >= 0.3 is 5.69 Å². The van der Waals surface area contributed by atoms with Crippen LogP contribution in [0.2, 0.25) is 0 Å². The van der Waals surface area contributed by atoms with Crippen LogP contribution in [0.3, 0.4) is 0 Å². The largest absolute Gasteiger partial charge is 0.390 e. The molecule has 0 amide bonds. The van der Waals surface area contributed by atoms with Gasteiger partial charge < -0.3 is 10.4 Å². The van der Waals surface area contributed by atoms with Gasteiger partial charge in [-0.15, -0.1) is 5.10 Å². The molecular formula is C20H24N8O2. The van der Waals surface area contributed by atoms with E-state index < -0.39 is 5.60 Å². The summed E-state index contributed by atoms with van der Waals surface area (Å²) in [6.07, 6.45) is 6.16. The van der Waals surface area contributed by atoms with Crippen molar-refractivity contribution in [2.24, 2.45) is 7.05 Å². The number of nitrogens with zero attached hydrogens (tertiary/aromatic N) is 7. The second-order valence-electron chi connectivity index (χ2n) is 8.37. The van der Waals surface area contributed by atoms with E-state index in [0.717, 1.165) is 29.7 Å². The van der Waals surface area contributed by atoms with Crippen molar-refractivity contribution in [3.8, 4) is 0 Å². The van der Waals surface area contributed by atoms with Gasteiger partial charge in [0, 0.05) is 13.1 Å². The van der Waals surface area contributed by atoms with Gasteiger partial charge in [0.15, 0.2) is 5.65 Å². The molecule has 1 aliphatic rings. The molecule has 0 saturated heterocycles. The topological polar surface area (TPSA) is 115 Å². The normalized spacial score (nSPS) is 22.1. The Morgan fingerprint density at radius 2 is 2.00 bits per heavy atom. The third-order valence-electron chi connectivity index (χ3n) is 6.18. The van der Waals surface area contributed by atoms with Crippen LogP contribution in [0.1, 0.15) is 44.3 Å². The van der Waals surface area contributed by atoms with Crippen molar-refractivity contribution in [3.63, 3.8) is 0 Å². The van der Waals surface area contributed by atoms with Crippen molar-refractivity contribution in [3.05, 3.63) is 40.7 Å². The van der Waals surface area contributed by atoms with Crippen molar-refractivity contribution >= 4 is 28.3 Å². The minimum atomic E-state index is -0.663. The Bertz CT molecular complexity index is 1310. The summed E-state index contributed by atoms with van der Waals surface area (Å²) in [7, 11) is 1.74. The molecule has 10 heteroatoms. The summed E-state index contributed by atoms with van der Waals surface area (Å²) in [5.41, 5.74) is 3.11. The molecule has 1 fully saturated rings. The number of aryl methyl sites for hydroxylation is 2. The molecule has 1 saturated carbocycles. The van der Waals surface area contributed by atoms with Gasteiger partial charge in [-0.25, -0.2) is 14.3 Å². The molecule has 30 heavy (non-hydrogen) atoms. The van der Waals surface area contributed by atoms with Crippen LogP contribution >= 0.6 is 0 Å². The fourth-order valence-corrected chi connectivity index (χ4v) is 4.28. The van der Waals surface area contributed by atoms with Crippen molar-refractivity contribution in [2.45, 2.75) is 51.2 Å². The lowest BCUT2D eigenvalue weighted by Gasteiger charge is -2.33. The van der Waals surface area contributed by atoms with E-state index >= 15 is 0 Å². The van der Waals surface area contributed by atoms with E-state index in [-0.39, 0.29) is 11.7 Å². The minimum absolute atomic E-state index is 0.0115. The highest BCUT2D eigenvalue weighted by atomic mass is 16.3. The number of anilines is 2. The Morgan fingerprint density at radius 3 is 2.77 bits per heavy atom. The molecule has 0 bridgehead atoms. The first kappa shape index (κ1) is 18.7.